The minimum atomic E-state index is -2.11. The molecule has 1 rings (SSSR count). The van der Waals surface area contributed by atoms with Gasteiger partial charge in [0.15, 0.2) is 0 Å². The summed E-state index contributed by atoms with van der Waals surface area (Å²) in [6.45, 7) is 0. The van der Waals surface area contributed by atoms with Gasteiger partial charge in [-0.25, -0.2) is 8.42 Å². The fourth-order valence-electron chi connectivity index (χ4n) is 1.40. The lowest BCUT2D eigenvalue weighted by molar-refractivity contribution is 0.574. The predicted molar refractivity (Wildman–Crippen MR) is 37.1 cm³/mol. The minimum Gasteiger partial charge on any atom is -0.232 e. The highest BCUT2D eigenvalue weighted by Crippen LogP contribution is 2.24. The molecule has 0 radical (unpaired) electrons. The van der Waals surface area contributed by atoms with E-state index in [0.29, 0.717) is 11.7 Å². The van der Waals surface area contributed by atoms with E-state index in [1.54, 1.807) is 0 Å². The third-order valence-electron chi connectivity index (χ3n) is 1.88. The standard InChI is InChI=1S/C6H12O2S/c7-9(8)5-6-3-1-2-4-6/h6,9H,1-5H2. The van der Waals surface area contributed by atoms with Gasteiger partial charge in [0, 0.05) is 0 Å². The van der Waals surface area contributed by atoms with Gasteiger partial charge in [0.1, 0.15) is 10.7 Å². The van der Waals surface area contributed by atoms with Gasteiger partial charge in [-0.15, -0.1) is 0 Å². The Kier molecular flexibility index (Phi) is 2.51. The Labute approximate surface area is 57.2 Å². The van der Waals surface area contributed by atoms with Crippen LogP contribution in [0.15, 0.2) is 0 Å². The van der Waals surface area contributed by atoms with E-state index >= 15 is 0 Å². The van der Waals surface area contributed by atoms with Crippen molar-refractivity contribution in [2.24, 2.45) is 5.92 Å². The van der Waals surface area contributed by atoms with Gasteiger partial charge >= 0.3 is 0 Å². The largest absolute Gasteiger partial charge is 0.232 e. The molecule has 1 aliphatic rings. The summed E-state index contributed by atoms with van der Waals surface area (Å²) >= 11 is 0. The molecule has 9 heavy (non-hydrogen) atoms. The first-order valence-corrected chi connectivity index (χ1v) is 4.77. The van der Waals surface area contributed by atoms with Crippen molar-refractivity contribution < 1.29 is 8.42 Å². The van der Waals surface area contributed by atoms with Gasteiger partial charge in [-0.3, -0.25) is 0 Å². The van der Waals surface area contributed by atoms with Gasteiger partial charge in [0.05, 0.1) is 5.75 Å². The average molecular weight is 148 g/mol. The van der Waals surface area contributed by atoms with Gasteiger partial charge in [0.2, 0.25) is 0 Å². The van der Waals surface area contributed by atoms with Crippen molar-refractivity contribution in [2.45, 2.75) is 25.7 Å². The molecule has 1 aliphatic carbocycles. The molecule has 0 aromatic carbocycles. The Bertz CT molecular complexity index is 137. The second-order valence-electron chi connectivity index (χ2n) is 2.67. The first-order valence-electron chi connectivity index (χ1n) is 3.41. The van der Waals surface area contributed by atoms with Crippen LogP contribution in [0.3, 0.4) is 0 Å². The molecule has 0 aliphatic heterocycles. The average Bonchev–Trinajstić information content (AvgIpc) is 2.15. The normalized spacial score (nSPS) is 21.4. The summed E-state index contributed by atoms with van der Waals surface area (Å²) in [5.74, 6) is 0.918. The van der Waals surface area contributed by atoms with Crippen molar-refractivity contribution in [1.29, 1.82) is 0 Å². The Hall–Kier alpha value is -0.0500. The summed E-state index contributed by atoms with van der Waals surface area (Å²) in [5, 5.41) is 0. The summed E-state index contributed by atoms with van der Waals surface area (Å²) in [7, 11) is -2.11. The molecular formula is C6H12O2S. The van der Waals surface area contributed by atoms with Gasteiger partial charge in [-0.05, 0) is 18.8 Å². The molecule has 0 aromatic heterocycles. The van der Waals surface area contributed by atoms with E-state index in [1.807, 2.05) is 0 Å². The Morgan fingerprint density at radius 2 is 1.78 bits per heavy atom. The molecule has 54 valence electrons. The summed E-state index contributed by atoms with van der Waals surface area (Å²) in [6.07, 6.45) is 4.72. The van der Waals surface area contributed by atoms with Crippen LogP contribution >= 0.6 is 0 Å². The van der Waals surface area contributed by atoms with Crippen LogP contribution in [0.2, 0.25) is 0 Å². The van der Waals surface area contributed by atoms with Crippen LogP contribution in [0.1, 0.15) is 25.7 Å². The lowest BCUT2D eigenvalue weighted by atomic mass is 10.1. The quantitative estimate of drug-likeness (QED) is 0.587. The minimum absolute atomic E-state index is 0.426. The van der Waals surface area contributed by atoms with E-state index in [4.69, 9.17) is 0 Å². The summed E-state index contributed by atoms with van der Waals surface area (Å²) in [5.41, 5.74) is 0. The molecule has 0 spiro atoms. The second-order valence-corrected chi connectivity index (χ2v) is 3.70. The number of hydrogen-bond donors (Lipinski definition) is 1. The summed E-state index contributed by atoms with van der Waals surface area (Å²) in [6, 6.07) is 0. The van der Waals surface area contributed by atoms with Crippen molar-refractivity contribution in [3.63, 3.8) is 0 Å². The van der Waals surface area contributed by atoms with E-state index in [9.17, 15) is 8.42 Å². The number of thiol groups is 1. The van der Waals surface area contributed by atoms with E-state index in [1.165, 1.54) is 12.8 Å². The lowest BCUT2D eigenvalue weighted by Gasteiger charge is -1.99. The zero-order chi connectivity index (χ0) is 6.69. The molecule has 1 saturated carbocycles. The van der Waals surface area contributed by atoms with Crippen LogP contribution in [-0.2, 0) is 10.7 Å². The van der Waals surface area contributed by atoms with Crippen LogP contribution in [0.4, 0.5) is 0 Å². The third kappa shape index (κ3) is 2.35. The number of hydrogen-bond acceptors (Lipinski definition) is 2. The molecule has 2 nitrogen and oxygen atoms in total. The maximum Gasteiger partial charge on any atom is 0.140 e. The van der Waals surface area contributed by atoms with Crippen molar-refractivity contribution in [2.75, 3.05) is 5.75 Å². The van der Waals surface area contributed by atoms with Gasteiger partial charge < -0.3 is 0 Å². The zero-order valence-electron chi connectivity index (χ0n) is 5.38. The van der Waals surface area contributed by atoms with Gasteiger partial charge in [0.25, 0.3) is 0 Å². The van der Waals surface area contributed by atoms with Crippen LogP contribution in [0, 0.1) is 5.92 Å². The van der Waals surface area contributed by atoms with E-state index in [-0.39, 0.29) is 0 Å². The molecule has 0 N–H and O–H groups in total. The molecule has 0 unspecified atom stereocenters. The molecule has 0 heterocycles. The third-order valence-corrected chi connectivity index (χ3v) is 2.70. The van der Waals surface area contributed by atoms with Crippen molar-refractivity contribution >= 4 is 10.7 Å². The SMILES string of the molecule is O=[SH](=O)CC1CCCC1. The Morgan fingerprint density at radius 1 is 1.22 bits per heavy atom. The van der Waals surface area contributed by atoms with Crippen molar-refractivity contribution in [3.8, 4) is 0 Å². The molecule has 0 saturated heterocycles. The molecule has 0 atom stereocenters. The lowest BCUT2D eigenvalue weighted by Crippen LogP contribution is -2.01. The first kappa shape index (κ1) is 7.06. The van der Waals surface area contributed by atoms with Gasteiger partial charge in [-0.2, -0.15) is 0 Å². The second kappa shape index (κ2) is 3.20. The van der Waals surface area contributed by atoms with Crippen molar-refractivity contribution in [3.05, 3.63) is 0 Å². The van der Waals surface area contributed by atoms with Crippen LogP contribution in [-0.4, -0.2) is 14.2 Å². The summed E-state index contributed by atoms with van der Waals surface area (Å²) in [4.78, 5) is 0. The van der Waals surface area contributed by atoms with Crippen molar-refractivity contribution in [1.82, 2.24) is 0 Å². The van der Waals surface area contributed by atoms with Crippen LogP contribution < -0.4 is 0 Å². The maximum atomic E-state index is 10.2. The van der Waals surface area contributed by atoms with Crippen LogP contribution in [0.25, 0.3) is 0 Å². The van der Waals surface area contributed by atoms with E-state index in [2.05, 4.69) is 0 Å². The zero-order valence-corrected chi connectivity index (χ0v) is 6.27. The smallest absolute Gasteiger partial charge is 0.140 e. The molecular weight excluding hydrogens is 136 g/mol. The summed E-state index contributed by atoms with van der Waals surface area (Å²) < 4.78 is 20.4. The Morgan fingerprint density at radius 3 is 2.22 bits per heavy atom. The molecule has 3 heteroatoms. The Balaban J connectivity index is 2.27. The topological polar surface area (TPSA) is 34.1 Å². The molecule has 0 bridgehead atoms. The predicted octanol–water partition coefficient (Wildman–Crippen LogP) is 0.788. The van der Waals surface area contributed by atoms with E-state index < -0.39 is 10.7 Å². The fraction of sp³-hybridized carbons (Fsp3) is 1.00. The van der Waals surface area contributed by atoms with Crippen LogP contribution in [0.5, 0.6) is 0 Å². The first-order chi connectivity index (χ1) is 4.29. The molecule has 1 fully saturated rings. The highest BCUT2D eigenvalue weighted by Gasteiger charge is 2.14. The highest BCUT2D eigenvalue weighted by atomic mass is 32.2. The van der Waals surface area contributed by atoms with Gasteiger partial charge in [-0.1, -0.05) is 12.8 Å². The van der Waals surface area contributed by atoms with E-state index in [0.717, 1.165) is 12.8 Å². The molecule has 0 amide bonds. The fourth-order valence-corrected chi connectivity index (χ4v) is 2.19. The monoisotopic (exact) mass is 148 g/mol. The highest BCUT2D eigenvalue weighted by molar-refractivity contribution is 7.72. The number of rotatable bonds is 2. The maximum absolute atomic E-state index is 10.2. The molecule has 0 aromatic rings.